The van der Waals surface area contributed by atoms with Crippen molar-refractivity contribution in [2.24, 2.45) is 0 Å². The summed E-state index contributed by atoms with van der Waals surface area (Å²) >= 11 is 0. The first kappa shape index (κ1) is 15.3. The number of piperazine rings is 1. The highest BCUT2D eigenvalue weighted by Crippen LogP contribution is 2.33. The summed E-state index contributed by atoms with van der Waals surface area (Å²) in [7, 11) is 0. The molecule has 2 aromatic rings. The molecule has 0 unspecified atom stereocenters. The lowest BCUT2D eigenvalue weighted by Crippen LogP contribution is -2.50. The number of carbonyl (C=O) groups excluding carboxylic acids is 1. The molecular weight excluding hydrogens is 320 g/mol. The molecule has 25 heavy (non-hydrogen) atoms. The van der Waals surface area contributed by atoms with E-state index in [1.54, 1.807) is 18.3 Å². The second-order valence-corrected chi connectivity index (χ2v) is 5.94. The van der Waals surface area contributed by atoms with E-state index in [0.717, 1.165) is 17.1 Å². The molecule has 1 aromatic carbocycles. The van der Waals surface area contributed by atoms with Gasteiger partial charge in [0.25, 0.3) is 0 Å². The van der Waals surface area contributed by atoms with Crippen molar-refractivity contribution in [2.45, 2.75) is 6.54 Å². The third-order valence-electron chi connectivity index (χ3n) is 4.33. The van der Waals surface area contributed by atoms with Crippen LogP contribution in [0.25, 0.3) is 0 Å². The van der Waals surface area contributed by atoms with E-state index >= 15 is 0 Å². The molecule has 0 aliphatic carbocycles. The summed E-state index contributed by atoms with van der Waals surface area (Å²) in [6.45, 7) is 2.32. The molecule has 4 rings (SSSR count). The number of rotatable bonds is 3. The highest BCUT2D eigenvalue weighted by Gasteiger charge is 2.25. The molecule has 3 heterocycles. The maximum atomic E-state index is 12.5. The number of hydrogen-bond acceptors (Lipinski definition) is 6. The van der Waals surface area contributed by atoms with Gasteiger partial charge in [-0.1, -0.05) is 6.07 Å². The van der Waals surface area contributed by atoms with Gasteiger partial charge in [0.05, 0.1) is 18.2 Å². The van der Waals surface area contributed by atoms with Crippen LogP contribution in [0.15, 0.2) is 36.5 Å². The molecule has 1 aromatic heterocycles. The number of carbonyl (C=O) groups is 1. The van der Waals surface area contributed by atoms with Gasteiger partial charge in [0.2, 0.25) is 12.7 Å². The summed E-state index contributed by atoms with van der Waals surface area (Å²) in [5, 5.41) is 8.99. The van der Waals surface area contributed by atoms with Gasteiger partial charge in [0.1, 0.15) is 5.82 Å². The second kappa shape index (κ2) is 6.32. The maximum absolute atomic E-state index is 12.5. The Bertz CT molecular complexity index is 862. The van der Waals surface area contributed by atoms with Crippen LogP contribution >= 0.6 is 0 Å². The van der Waals surface area contributed by atoms with Crippen LogP contribution in [-0.4, -0.2) is 42.2 Å². The number of benzene rings is 1. The number of hydrogen-bond donors (Lipinski definition) is 0. The van der Waals surface area contributed by atoms with Gasteiger partial charge < -0.3 is 19.3 Å². The van der Waals surface area contributed by atoms with Crippen LogP contribution in [0.1, 0.15) is 11.1 Å². The second-order valence-electron chi connectivity index (χ2n) is 5.94. The highest BCUT2D eigenvalue weighted by molar-refractivity contribution is 5.82. The van der Waals surface area contributed by atoms with Crippen molar-refractivity contribution in [3.05, 3.63) is 47.7 Å². The van der Waals surface area contributed by atoms with E-state index in [-0.39, 0.29) is 19.2 Å². The monoisotopic (exact) mass is 336 g/mol. The molecule has 2 aliphatic heterocycles. The van der Waals surface area contributed by atoms with Gasteiger partial charge in [0, 0.05) is 25.8 Å². The van der Waals surface area contributed by atoms with Gasteiger partial charge in [-0.2, -0.15) is 5.26 Å². The Kier molecular flexibility index (Phi) is 3.86. The minimum absolute atomic E-state index is 0.0353. The molecule has 0 radical (unpaired) electrons. The average Bonchev–Trinajstić information content (AvgIpc) is 3.11. The summed E-state index contributed by atoms with van der Waals surface area (Å²) in [6, 6.07) is 11.2. The SMILES string of the molecule is N#Cc1ccnc(N2CCN(Cc3ccc4c(c3)OCO4)C(=O)C2)c1. The Morgan fingerprint density at radius 3 is 2.88 bits per heavy atom. The molecule has 7 heteroatoms. The highest BCUT2D eigenvalue weighted by atomic mass is 16.7. The molecule has 126 valence electrons. The lowest BCUT2D eigenvalue weighted by Gasteiger charge is -2.35. The van der Waals surface area contributed by atoms with Crippen molar-refractivity contribution in [3.8, 4) is 17.6 Å². The van der Waals surface area contributed by atoms with E-state index in [9.17, 15) is 4.79 Å². The molecular formula is C18H16N4O3. The Morgan fingerprint density at radius 1 is 1.16 bits per heavy atom. The summed E-state index contributed by atoms with van der Waals surface area (Å²) in [5.74, 6) is 2.16. The summed E-state index contributed by atoms with van der Waals surface area (Å²) in [4.78, 5) is 20.5. The predicted octanol–water partition coefficient (Wildman–Crippen LogP) is 1.53. The van der Waals surface area contributed by atoms with Gasteiger partial charge in [-0.15, -0.1) is 0 Å². The largest absolute Gasteiger partial charge is 0.454 e. The van der Waals surface area contributed by atoms with Crippen molar-refractivity contribution in [2.75, 3.05) is 31.3 Å². The Morgan fingerprint density at radius 2 is 2.04 bits per heavy atom. The fourth-order valence-electron chi connectivity index (χ4n) is 2.99. The van der Waals surface area contributed by atoms with Crippen molar-refractivity contribution in [1.29, 1.82) is 5.26 Å². The lowest BCUT2D eigenvalue weighted by molar-refractivity contribution is -0.131. The summed E-state index contributed by atoms with van der Waals surface area (Å²) in [5.41, 5.74) is 1.55. The van der Waals surface area contributed by atoms with Gasteiger partial charge in [-0.3, -0.25) is 4.79 Å². The molecule has 0 spiro atoms. The summed E-state index contributed by atoms with van der Waals surface area (Å²) < 4.78 is 10.7. The molecule has 2 aliphatic rings. The number of nitriles is 1. The Balaban J connectivity index is 1.43. The van der Waals surface area contributed by atoms with Crippen LogP contribution in [-0.2, 0) is 11.3 Å². The smallest absolute Gasteiger partial charge is 0.242 e. The Hall–Kier alpha value is -3.27. The minimum Gasteiger partial charge on any atom is -0.454 e. The van der Waals surface area contributed by atoms with Crippen molar-refractivity contribution >= 4 is 11.7 Å². The van der Waals surface area contributed by atoms with Crippen molar-refractivity contribution < 1.29 is 14.3 Å². The normalized spacial score (nSPS) is 16.0. The first-order chi connectivity index (χ1) is 12.2. The number of amides is 1. The lowest BCUT2D eigenvalue weighted by atomic mass is 10.1. The Labute approximate surface area is 145 Å². The van der Waals surface area contributed by atoms with E-state index in [2.05, 4.69) is 11.1 Å². The van der Waals surface area contributed by atoms with Crippen molar-refractivity contribution in [1.82, 2.24) is 9.88 Å². The first-order valence-electron chi connectivity index (χ1n) is 8.00. The van der Waals surface area contributed by atoms with Gasteiger partial charge in [-0.05, 0) is 29.8 Å². The summed E-state index contributed by atoms with van der Waals surface area (Å²) in [6.07, 6.45) is 1.59. The van der Waals surface area contributed by atoms with Gasteiger partial charge in [-0.25, -0.2) is 4.98 Å². The molecule has 0 saturated carbocycles. The number of fused-ring (bicyclic) bond motifs is 1. The van der Waals surface area contributed by atoms with Crippen LogP contribution in [0.2, 0.25) is 0 Å². The molecule has 1 saturated heterocycles. The molecule has 0 bridgehead atoms. The average molecular weight is 336 g/mol. The third kappa shape index (κ3) is 3.06. The molecule has 7 nitrogen and oxygen atoms in total. The van der Waals surface area contributed by atoms with Crippen LogP contribution in [0.3, 0.4) is 0 Å². The zero-order valence-electron chi connectivity index (χ0n) is 13.5. The number of ether oxygens (including phenoxy) is 2. The van der Waals surface area contributed by atoms with Crippen LogP contribution < -0.4 is 14.4 Å². The van der Waals surface area contributed by atoms with E-state index in [1.807, 2.05) is 28.0 Å². The van der Waals surface area contributed by atoms with Gasteiger partial charge >= 0.3 is 0 Å². The minimum atomic E-state index is 0.0353. The zero-order valence-corrected chi connectivity index (χ0v) is 13.5. The van der Waals surface area contributed by atoms with E-state index in [4.69, 9.17) is 14.7 Å². The molecule has 1 fully saturated rings. The number of nitrogens with zero attached hydrogens (tertiary/aromatic N) is 4. The van der Waals surface area contributed by atoms with Crippen LogP contribution in [0, 0.1) is 11.3 Å². The van der Waals surface area contributed by atoms with E-state index in [0.29, 0.717) is 31.0 Å². The number of anilines is 1. The van der Waals surface area contributed by atoms with E-state index < -0.39 is 0 Å². The maximum Gasteiger partial charge on any atom is 0.242 e. The van der Waals surface area contributed by atoms with E-state index in [1.165, 1.54) is 0 Å². The molecule has 1 amide bonds. The molecule has 0 atom stereocenters. The standard InChI is InChI=1S/C18H16N4O3/c19-9-13-3-4-20-17(8-13)21-5-6-22(18(23)11-21)10-14-1-2-15-16(7-14)25-12-24-15/h1-4,7-8H,5-6,10-12H2. The first-order valence-corrected chi connectivity index (χ1v) is 8.00. The number of aromatic nitrogens is 1. The van der Waals surface area contributed by atoms with Gasteiger partial charge in [0.15, 0.2) is 11.5 Å². The van der Waals surface area contributed by atoms with Crippen molar-refractivity contribution in [3.63, 3.8) is 0 Å². The quantitative estimate of drug-likeness (QED) is 0.846. The number of pyridine rings is 1. The van der Waals surface area contributed by atoms with Crippen LogP contribution in [0.4, 0.5) is 5.82 Å². The third-order valence-corrected chi connectivity index (χ3v) is 4.33. The topological polar surface area (TPSA) is 78.7 Å². The fourth-order valence-corrected chi connectivity index (χ4v) is 2.99. The zero-order chi connectivity index (χ0) is 17.2. The molecule has 0 N–H and O–H groups in total. The fraction of sp³-hybridized carbons (Fsp3) is 0.278. The van der Waals surface area contributed by atoms with Crippen LogP contribution in [0.5, 0.6) is 11.5 Å². The predicted molar refractivity (Wildman–Crippen MR) is 89.1 cm³/mol.